The van der Waals surface area contributed by atoms with Crippen LogP contribution in [-0.2, 0) is 5.41 Å². The van der Waals surface area contributed by atoms with Crippen molar-refractivity contribution in [3.05, 3.63) is 108 Å². The summed E-state index contributed by atoms with van der Waals surface area (Å²) in [4.78, 5) is 0. The minimum Gasteiger partial charge on any atom is -0.508 e. The molecule has 2 bridgehead atoms. The Morgan fingerprint density at radius 3 is 2.41 bits per heavy atom. The van der Waals surface area contributed by atoms with E-state index < -0.39 is 0 Å². The number of fused-ring (bicyclic) bond motifs is 1. The first-order valence-corrected chi connectivity index (χ1v) is 9.17. The van der Waals surface area contributed by atoms with Crippen molar-refractivity contribution in [2.24, 2.45) is 0 Å². The van der Waals surface area contributed by atoms with Gasteiger partial charge in [0.25, 0.3) is 0 Å². The van der Waals surface area contributed by atoms with Crippen LogP contribution in [0.1, 0.15) is 46.3 Å². The number of phenols is 1. The second-order valence-electron chi connectivity index (χ2n) is 7.49. The molecule has 4 aromatic rings. The van der Waals surface area contributed by atoms with Crippen molar-refractivity contribution in [1.82, 2.24) is 0 Å². The van der Waals surface area contributed by atoms with E-state index in [-0.39, 0.29) is 17.4 Å². The molecule has 0 fully saturated rings. The first kappa shape index (κ1) is 14.9. The number of aromatic hydroxyl groups is 1. The molecular weight excluding hydrogens is 338 g/mol. The molecule has 1 aromatic carbocycles. The first-order chi connectivity index (χ1) is 13.3. The third-order valence-corrected chi connectivity index (χ3v) is 6.38. The lowest BCUT2D eigenvalue weighted by molar-refractivity contribution is -0.732. The molecule has 3 aliphatic rings. The van der Waals surface area contributed by atoms with Crippen LogP contribution in [0.4, 0.5) is 0 Å². The summed E-state index contributed by atoms with van der Waals surface area (Å²) in [7, 11) is 0. The predicted molar refractivity (Wildman–Crippen MR) is 97.5 cm³/mol. The molecule has 0 radical (unpaired) electrons. The van der Waals surface area contributed by atoms with E-state index in [0.717, 1.165) is 17.5 Å². The van der Waals surface area contributed by atoms with Crippen molar-refractivity contribution in [2.75, 3.05) is 0 Å². The van der Waals surface area contributed by atoms with Gasteiger partial charge in [0, 0.05) is 35.2 Å². The Hall–Kier alpha value is -3.27. The number of hydrogen-bond acceptors (Lipinski definition) is 3. The fraction of sp³-hybridized carbons (Fsp3) is 0.174. The van der Waals surface area contributed by atoms with E-state index in [1.165, 1.54) is 16.8 Å². The molecule has 4 heteroatoms. The Morgan fingerprint density at radius 1 is 0.926 bits per heavy atom. The van der Waals surface area contributed by atoms with Gasteiger partial charge in [-0.05, 0) is 35.9 Å². The number of pyridine rings is 1. The number of benzene rings is 1. The van der Waals surface area contributed by atoms with Crippen LogP contribution in [0.3, 0.4) is 0 Å². The average molecular weight is 356 g/mol. The monoisotopic (exact) mass is 356 g/mol. The van der Waals surface area contributed by atoms with Gasteiger partial charge >= 0.3 is 0 Å². The highest BCUT2D eigenvalue weighted by Crippen LogP contribution is 2.59. The second-order valence-corrected chi connectivity index (χ2v) is 7.49. The molecule has 4 nitrogen and oxygen atoms in total. The summed E-state index contributed by atoms with van der Waals surface area (Å²) in [5.41, 5.74) is 5.69. The highest BCUT2D eigenvalue weighted by molar-refractivity contribution is 5.55. The Morgan fingerprint density at radius 2 is 1.70 bits per heavy atom. The predicted octanol–water partition coefficient (Wildman–Crippen LogP) is 4.29. The molecule has 2 aliphatic heterocycles. The fourth-order valence-corrected chi connectivity index (χ4v) is 5.34. The number of nitrogens with zero attached hydrogens (tertiary/aromatic N) is 1. The smallest absolute Gasteiger partial charge is 0.190 e. The summed E-state index contributed by atoms with van der Waals surface area (Å²) < 4.78 is 13.4. The maximum Gasteiger partial charge on any atom is 0.190 e. The minimum absolute atomic E-state index is 0.0565. The molecule has 7 rings (SSSR count). The van der Waals surface area contributed by atoms with Gasteiger partial charge in [0.2, 0.25) is 0 Å². The molecule has 132 valence electrons. The molecule has 5 heterocycles. The zero-order valence-corrected chi connectivity index (χ0v) is 14.6. The average Bonchev–Trinajstić information content (AvgIpc) is 3.42. The Labute approximate surface area is 156 Å². The van der Waals surface area contributed by atoms with Gasteiger partial charge in [-0.25, -0.2) is 0 Å². The van der Waals surface area contributed by atoms with Crippen LogP contribution in [0.2, 0.25) is 0 Å². The highest BCUT2D eigenvalue weighted by atomic mass is 16.3. The third kappa shape index (κ3) is 1.80. The van der Waals surface area contributed by atoms with E-state index in [9.17, 15) is 5.11 Å². The number of furan rings is 2. The molecule has 3 aromatic heterocycles. The van der Waals surface area contributed by atoms with E-state index in [0.29, 0.717) is 5.75 Å². The normalized spacial score (nSPS) is 21.6. The van der Waals surface area contributed by atoms with Crippen LogP contribution in [0.5, 0.6) is 5.75 Å². The number of rotatable bonds is 2. The van der Waals surface area contributed by atoms with Crippen molar-refractivity contribution < 1.29 is 18.5 Å². The summed E-state index contributed by atoms with van der Waals surface area (Å²) in [6.45, 7) is 0. The zero-order valence-electron chi connectivity index (χ0n) is 14.6. The van der Waals surface area contributed by atoms with Crippen molar-refractivity contribution in [3.8, 4) is 5.75 Å². The molecule has 27 heavy (non-hydrogen) atoms. The molecule has 1 N–H and O–H groups in total. The Balaban J connectivity index is 1.73. The van der Waals surface area contributed by atoms with Crippen molar-refractivity contribution in [1.29, 1.82) is 0 Å². The van der Waals surface area contributed by atoms with Crippen molar-refractivity contribution in [2.45, 2.75) is 23.8 Å². The quantitative estimate of drug-likeness (QED) is 0.545. The maximum absolute atomic E-state index is 10.3. The van der Waals surface area contributed by atoms with Crippen LogP contribution >= 0.6 is 0 Å². The zero-order chi connectivity index (χ0) is 18.0. The fourth-order valence-electron chi connectivity index (χ4n) is 5.34. The SMILES string of the molecule is Oc1ccc2c(c1)[C@H]1c3cccc[n+]3[C@@H]2CC1(c1ccoc1)c1ccoc1. The second kappa shape index (κ2) is 5.13. The van der Waals surface area contributed by atoms with Crippen LogP contribution in [-0.4, -0.2) is 5.11 Å². The van der Waals surface area contributed by atoms with Gasteiger partial charge < -0.3 is 13.9 Å². The molecule has 0 unspecified atom stereocenters. The summed E-state index contributed by atoms with van der Waals surface area (Å²) in [6.07, 6.45) is 10.3. The van der Waals surface area contributed by atoms with Crippen LogP contribution in [0.15, 0.2) is 88.6 Å². The van der Waals surface area contributed by atoms with E-state index in [4.69, 9.17) is 8.83 Å². The van der Waals surface area contributed by atoms with Crippen molar-refractivity contribution in [3.63, 3.8) is 0 Å². The van der Waals surface area contributed by atoms with Crippen LogP contribution < -0.4 is 4.57 Å². The molecule has 0 saturated carbocycles. The standard InChI is InChI=1S/C23H17NO3/c25-17-4-5-18-19(11-17)22-20-3-1-2-8-24(20)21(18)12-23(22,15-6-9-26-13-15)16-7-10-27-14-16/h1-11,13-14,21-22H,12H2/p+1/t21-,22+/m1/s1. The van der Waals surface area contributed by atoms with E-state index in [1.807, 2.05) is 18.6 Å². The largest absolute Gasteiger partial charge is 0.508 e. The lowest BCUT2D eigenvalue weighted by atomic mass is 9.54. The lowest BCUT2D eigenvalue weighted by Gasteiger charge is -2.48. The number of phenolic OH excluding ortho intramolecular Hbond substituents is 1. The number of aromatic nitrogens is 1. The summed E-state index contributed by atoms with van der Waals surface area (Å²) in [5.74, 6) is 0.359. The van der Waals surface area contributed by atoms with Gasteiger partial charge in [-0.15, -0.1) is 0 Å². The number of hydrogen-bond donors (Lipinski definition) is 1. The van der Waals surface area contributed by atoms with E-state index in [2.05, 4.69) is 47.2 Å². The molecule has 1 aliphatic carbocycles. The minimum atomic E-state index is -0.299. The molecule has 0 amide bonds. The summed E-state index contributed by atoms with van der Waals surface area (Å²) >= 11 is 0. The topological polar surface area (TPSA) is 50.4 Å². The summed E-state index contributed by atoms with van der Waals surface area (Å²) in [5, 5.41) is 10.3. The molecule has 2 atom stereocenters. The van der Waals surface area contributed by atoms with Gasteiger partial charge in [0.15, 0.2) is 17.9 Å². The van der Waals surface area contributed by atoms with Gasteiger partial charge in [-0.2, -0.15) is 4.57 Å². The molecule has 0 saturated heterocycles. The van der Waals surface area contributed by atoms with Crippen molar-refractivity contribution >= 4 is 0 Å². The van der Waals surface area contributed by atoms with Gasteiger partial charge in [0.1, 0.15) is 5.75 Å². The highest BCUT2D eigenvalue weighted by Gasteiger charge is 2.60. The van der Waals surface area contributed by atoms with E-state index >= 15 is 0 Å². The Kier molecular flexibility index (Phi) is 2.82. The maximum atomic E-state index is 10.3. The molecule has 0 spiro atoms. The third-order valence-electron chi connectivity index (χ3n) is 6.38. The van der Waals surface area contributed by atoms with Crippen LogP contribution in [0.25, 0.3) is 0 Å². The van der Waals surface area contributed by atoms with Gasteiger partial charge in [0.05, 0.1) is 36.4 Å². The van der Waals surface area contributed by atoms with E-state index in [1.54, 1.807) is 18.6 Å². The molecular formula is C23H18NO3+. The van der Waals surface area contributed by atoms with Gasteiger partial charge in [-0.1, -0.05) is 6.07 Å². The Bertz CT molecular complexity index is 1090. The first-order valence-electron chi connectivity index (χ1n) is 9.17. The van der Waals surface area contributed by atoms with Gasteiger partial charge in [-0.3, -0.25) is 0 Å². The summed E-state index contributed by atoms with van der Waals surface area (Å²) in [6, 6.07) is 16.5. The lowest BCUT2D eigenvalue weighted by Crippen LogP contribution is -2.59. The van der Waals surface area contributed by atoms with Crippen LogP contribution in [0, 0.1) is 0 Å².